The molecule has 1 heterocycles. The Morgan fingerprint density at radius 3 is 2.56 bits per heavy atom. The number of rotatable bonds is 3. The van der Waals surface area contributed by atoms with Gasteiger partial charge >= 0.3 is 0 Å². The quantitative estimate of drug-likeness (QED) is 0.919. The zero-order valence-corrected chi connectivity index (χ0v) is 11.2. The number of ether oxygens (including phenoxy) is 1. The molecule has 2 N–H and O–H groups in total. The van der Waals surface area contributed by atoms with Gasteiger partial charge in [0.2, 0.25) is 5.88 Å². The molecule has 1 aromatic heterocycles. The molecular formula is C14H15ClN2O. The summed E-state index contributed by atoms with van der Waals surface area (Å²) in [5, 5.41) is 0.706. The summed E-state index contributed by atoms with van der Waals surface area (Å²) in [5.41, 5.74) is 8.50. The Morgan fingerprint density at radius 1 is 1.28 bits per heavy atom. The third-order valence-electron chi connectivity index (χ3n) is 2.69. The van der Waals surface area contributed by atoms with E-state index in [1.165, 1.54) is 0 Å². The number of hydrogen-bond donors (Lipinski definition) is 1. The van der Waals surface area contributed by atoms with E-state index in [4.69, 9.17) is 22.1 Å². The number of nitrogens with zero attached hydrogens (tertiary/aromatic N) is 1. The number of benzene rings is 1. The highest BCUT2D eigenvalue weighted by molar-refractivity contribution is 6.30. The molecule has 0 aliphatic carbocycles. The minimum atomic E-state index is 0.398. The SMILES string of the molecule is Cc1cc(Cl)cc(C)c1Oc1ncccc1CN. The van der Waals surface area contributed by atoms with Gasteiger partial charge in [0.1, 0.15) is 5.75 Å². The fraction of sp³-hybridized carbons (Fsp3) is 0.214. The van der Waals surface area contributed by atoms with Crippen molar-refractivity contribution in [3.05, 3.63) is 52.2 Å². The number of pyridine rings is 1. The molecule has 1 aromatic carbocycles. The summed E-state index contributed by atoms with van der Waals surface area (Å²) < 4.78 is 5.87. The predicted molar refractivity (Wildman–Crippen MR) is 73.1 cm³/mol. The van der Waals surface area contributed by atoms with Crippen LogP contribution in [-0.4, -0.2) is 4.98 Å². The van der Waals surface area contributed by atoms with Gasteiger partial charge in [0, 0.05) is 23.3 Å². The zero-order chi connectivity index (χ0) is 13.1. The topological polar surface area (TPSA) is 48.1 Å². The Labute approximate surface area is 112 Å². The van der Waals surface area contributed by atoms with E-state index < -0.39 is 0 Å². The normalized spacial score (nSPS) is 10.4. The van der Waals surface area contributed by atoms with Gasteiger partial charge in [-0.3, -0.25) is 0 Å². The Balaban J connectivity index is 2.40. The molecule has 0 saturated carbocycles. The average molecular weight is 263 g/mol. The molecule has 0 spiro atoms. The van der Waals surface area contributed by atoms with Gasteiger partial charge in [-0.15, -0.1) is 0 Å². The van der Waals surface area contributed by atoms with Crippen LogP contribution in [0.4, 0.5) is 0 Å². The van der Waals surface area contributed by atoms with Gasteiger partial charge in [0.05, 0.1) is 0 Å². The van der Waals surface area contributed by atoms with Crippen molar-refractivity contribution in [3.8, 4) is 11.6 Å². The van der Waals surface area contributed by atoms with Crippen molar-refractivity contribution < 1.29 is 4.74 Å². The molecule has 94 valence electrons. The van der Waals surface area contributed by atoms with Crippen molar-refractivity contribution >= 4 is 11.6 Å². The summed E-state index contributed by atoms with van der Waals surface area (Å²) >= 11 is 5.99. The van der Waals surface area contributed by atoms with Crippen molar-refractivity contribution in [2.24, 2.45) is 5.73 Å². The van der Waals surface area contributed by atoms with Crippen LogP contribution in [0.25, 0.3) is 0 Å². The van der Waals surface area contributed by atoms with E-state index in [9.17, 15) is 0 Å². The molecule has 0 fully saturated rings. The van der Waals surface area contributed by atoms with Crippen LogP contribution in [0.3, 0.4) is 0 Å². The number of nitrogens with two attached hydrogens (primary N) is 1. The fourth-order valence-electron chi connectivity index (χ4n) is 1.83. The highest BCUT2D eigenvalue weighted by Crippen LogP contribution is 2.31. The first kappa shape index (κ1) is 12.9. The van der Waals surface area contributed by atoms with Crippen LogP contribution in [0.15, 0.2) is 30.5 Å². The molecule has 0 unspecified atom stereocenters. The smallest absolute Gasteiger partial charge is 0.223 e. The summed E-state index contributed by atoms with van der Waals surface area (Å²) in [7, 11) is 0. The number of aromatic nitrogens is 1. The minimum absolute atomic E-state index is 0.398. The fourth-order valence-corrected chi connectivity index (χ4v) is 2.15. The molecule has 0 bridgehead atoms. The lowest BCUT2D eigenvalue weighted by Gasteiger charge is -2.13. The summed E-state index contributed by atoms with van der Waals surface area (Å²) in [6.45, 7) is 4.31. The second-order valence-corrected chi connectivity index (χ2v) is 4.58. The molecule has 18 heavy (non-hydrogen) atoms. The number of halogens is 1. The zero-order valence-electron chi connectivity index (χ0n) is 10.4. The maximum atomic E-state index is 5.99. The van der Waals surface area contributed by atoms with E-state index in [1.807, 2.05) is 38.1 Å². The van der Waals surface area contributed by atoms with E-state index in [0.717, 1.165) is 22.4 Å². The van der Waals surface area contributed by atoms with Gasteiger partial charge in [-0.1, -0.05) is 17.7 Å². The van der Waals surface area contributed by atoms with E-state index >= 15 is 0 Å². The predicted octanol–water partition coefficient (Wildman–Crippen LogP) is 3.60. The number of aryl methyl sites for hydroxylation is 2. The van der Waals surface area contributed by atoms with Gasteiger partial charge in [-0.25, -0.2) is 4.98 Å². The molecule has 4 heteroatoms. The van der Waals surface area contributed by atoms with E-state index in [1.54, 1.807) is 6.20 Å². The molecule has 0 aliphatic heterocycles. The first-order valence-electron chi connectivity index (χ1n) is 5.70. The monoisotopic (exact) mass is 262 g/mol. The second kappa shape index (κ2) is 5.38. The van der Waals surface area contributed by atoms with Gasteiger partial charge in [-0.2, -0.15) is 0 Å². The van der Waals surface area contributed by atoms with Crippen molar-refractivity contribution in [1.82, 2.24) is 4.98 Å². The van der Waals surface area contributed by atoms with Crippen LogP contribution in [0.2, 0.25) is 5.02 Å². The Morgan fingerprint density at radius 2 is 1.94 bits per heavy atom. The summed E-state index contributed by atoms with van der Waals surface area (Å²) in [4.78, 5) is 4.21. The molecule has 2 rings (SSSR count). The average Bonchev–Trinajstić information content (AvgIpc) is 2.34. The molecule has 0 atom stereocenters. The van der Waals surface area contributed by atoms with Crippen LogP contribution >= 0.6 is 11.6 Å². The van der Waals surface area contributed by atoms with E-state index in [0.29, 0.717) is 17.4 Å². The Bertz CT molecular complexity index is 546. The van der Waals surface area contributed by atoms with Crippen LogP contribution in [-0.2, 0) is 6.54 Å². The largest absolute Gasteiger partial charge is 0.438 e. The van der Waals surface area contributed by atoms with E-state index in [-0.39, 0.29) is 0 Å². The van der Waals surface area contributed by atoms with Gasteiger partial charge < -0.3 is 10.5 Å². The Hall–Kier alpha value is -1.58. The van der Waals surface area contributed by atoms with Gasteiger partial charge in [-0.05, 0) is 43.2 Å². The first-order chi connectivity index (χ1) is 8.61. The lowest BCUT2D eigenvalue weighted by atomic mass is 10.1. The second-order valence-electron chi connectivity index (χ2n) is 4.14. The van der Waals surface area contributed by atoms with Gasteiger partial charge in [0.15, 0.2) is 0 Å². The minimum Gasteiger partial charge on any atom is -0.438 e. The van der Waals surface area contributed by atoms with Crippen LogP contribution < -0.4 is 10.5 Å². The lowest BCUT2D eigenvalue weighted by Crippen LogP contribution is -2.02. The van der Waals surface area contributed by atoms with Crippen molar-refractivity contribution in [2.45, 2.75) is 20.4 Å². The maximum absolute atomic E-state index is 5.99. The van der Waals surface area contributed by atoms with Crippen molar-refractivity contribution in [3.63, 3.8) is 0 Å². The third kappa shape index (κ3) is 2.63. The Kier molecular flexibility index (Phi) is 3.84. The summed E-state index contributed by atoms with van der Waals surface area (Å²) in [5.74, 6) is 1.33. The molecule has 0 aliphatic rings. The highest BCUT2D eigenvalue weighted by atomic mass is 35.5. The summed E-state index contributed by atoms with van der Waals surface area (Å²) in [6.07, 6.45) is 1.69. The molecular weight excluding hydrogens is 248 g/mol. The number of hydrogen-bond acceptors (Lipinski definition) is 3. The highest BCUT2D eigenvalue weighted by Gasteiger charge is 2.10. The lowest BCUT2D eigenvalue weighted by molar-refractivity contribution is 0.449. The van der Waals surface area contributed by atoms with Crippen molar-refractivity contribution in [2.75, 3.05) is 0 Å². The maximum Gasteiger partial charge on any atom is 0.223 e. The third-order valence-corrected chi connectivity index (χ3v) is 2.91. The summed E-state index contributed by atoms with van der Waals surface area (Å²) in [6, 6.07) is 7.49. The van der Waals surface area contributed by atoms with E-state index in [2.05, 4.69) is 4.98 Å². The standard InChI is InChI=1S/C14H15ClN2O/c1-9-6-12(15)7-10(2)13(9)18-14-11(8-16)4-3-5-17-14/h3-7H,8,16H2,1-2H3. The van der Waals surface area contributed by atoms with Crippen molar-refractivity contribution in [1.29, 1.82) is 0 Å². The molecule has 0 radical (unpaired) electrons. The molecule has 2 aromatic rings. The molecule has 0 amide bonds. The van der Waals surface area contributed by atoms with Crippen LogP contribution in [0.5, 0.6) is 11.6 Å². The first-order valence-corrected chi connectivity index (χ1v) is 6.08. The molecule has 3 nitrogen and oxygen atoms in total. The molecule has 0 saturated heterocycles. The van der Waals surface area contributed by atoms with Crippen LogP contribution in [0, 0.1) is 13.8 Å². The van der Waals surface area contributed by atoms with Gasteiger partial charge in [0.25, 0.3) is 0 Å². The van der Waals surface area contributed by atoms with Crippen LogP contribution in [0.1, 0.15) is 16.7 Å².